The van der Waals surface area contributed by atoms with Crippen LogP contribution in [0.3, 0.4) is 0 Å². The third-order valence-electron chi connectivity index (χ3n) is 2.68. The summed E-state index contributed by atoms with van der Waals surface area (Å²) in [6.07, 6.45) is 2.09. The molecule has 0 amide bonds. The molecule has 0 saturated carbocycles. The first-order valence-electron chi connectivity index (χ1n) is 4.69. The Balaban J connectivity index is 4.20. The molecule has 0 spiro atoms. The van der Waals surface area contributed by atoms with Crippen LogP contribution in [-0.2, 0) is 0 Å². The normalized spacial score (nSPS) is 17.5. The zero-order valence-corrected chi connectivity index (χ0v) is 9.07. The smallest absolute Gasteiger partial charge is 0.0482 e. The Labute approximate surface area is 76.4 Å². The summed E-state index contributed by atoms with van der Waals surface area (Å²) in [5, 5.41) is 12.4. The SMILES string of the molecule is CCC(C)(CC(C)(C)CO)NC. The summed E-state index contributed by atoms with van der Waals surface area (Å²) >= 11 is 0. The van der Waals surface area contributed by atoms with E-state index in [0.29, 0.717) is 0 Å². The maximum atomic E-state index is 9.12. The molecule has 2 heteroatoms. The minimum atomic E-state index is 0.0216. The molecule has 0 aromatic rings. The van der Waals surface area contributed by atoms with E-state index in [1.165, 1.54) is 0 Å². The van der Waals surface area contributed by atoms with Crippen molar-refractivity contribution in [3.8, 4) is 0 Å². The Morgan fingerprint density at radius 1 is 1.25 bits per heavy atom. The van der Waals surface area contributed by atoms with Gasteiger partial charge >= 0.3 is 0 Å². The zero-order chi connectivity index (χ0) is 9.83. The van der Waals surface area contributed by atoms with Gasteiger partial charge in [0.1, 0.15) is 0 Å². The summed E-state index contributed by atoms with van der Waals surface area (Å²) in [5.41, 5.74) is 0.181. The van der Waals surface area contributed by atoms with Crippen molar-refractivity contribution in [2.75, 3.05) is 13.7 Å². The molecule has 0 aromatic heterocycles. The first-order chi connectivity index (χ1) is 5.39. The molecule has 1 unspecified atom stereocenters. The molecular formula is C10H23NO. The van der Waals surface area contributed by atoms with Crippen molar-refractivity contribution in [1.82, 2.24) is 5.32 Å². The Morgan fingerprint density at radius 2 is 1.75 bits per heavy atom. The predicted molar refractivity (Wildman–Crippen MR) is 53.2 cm³/mol. The summed E-state index contributed by atoms with van der Waals surface area (Å²) < 4.78 is 0. The second-order valence-electron chi connectivity index (χ2n) is 4.66. The van der Waals surface area contributed by atoms with Gasteiger partial charge in [-0.3, -0.25) is 0 Å². The third-order valence-corrected chi connectivity index (χ3v) is 2.68. The topological polar surface area (TPSA) is 32.3 Å². The molecule has 0 bridgehead atoms. The monoisotopic (exact) mass is 173 g/mol. The van der Waals surface area contributed by atoms with Crippen molar-refractivity contribution in [2.24, 2.45) is 5.41 Å². The maximum absolute atomic E-state index is 9.12. The van der Waals surface area contributed by atoms with Crippen molar-refractivity contribution in [3.63, 3.8) is 0 Å². The van der Waals surface area contributed by atoms with Gasteiger partial charge in [-0.2, -0.15) is 0 Å². The van der Waals surface area contributed by atoms with Gasteiger partial charge in [0.15, 0.2) is 0 Å². The Kier molecular flexibility index (Phi) is 4.21. The van der Waals surface area contributed by atoms with Crippen molar-refractivity contribution in [3.05, 3.63) is 0 Å². The first-order valence-corrected chi connectivity index (χ1v) is 4.69. The van der Waals surface area contributed by atoms with Crippen molar-refractivity contribution in [2.45, 2.75) is 46.1 Å². The van der Waals surface area contributed by atoms with Crippen LogP contribution in [0.5, 0.6) is 0 Å². The molecule has 12 heavy (non-hydrogen) atoms. The van der Waals surface area contributed by atoms with E-state index in [1.807, 2.05) is 7.05 Å². The van der Waals surface area contributed by atoms with Crippen molar-refractivity contribution in [1.29, 1.82) is 0 Å². The fourth-order valence-electron chi connectivity index (χ4n) is 1.50. The molecule has 0 heterocycles. The van der Waals surface area contributed by atoms with E-state index in [2.05, 4.69) is 33.0 Å². The molecule has 2 nitrogen and oxygen atoms in total. The highest BCUT2D eigenvalue weighted by molar-refractivity contribution is 4.86. The van der Waals surface area contributed by atoms with Crippen LogP contribution in [0.2, 0.25) is 0 Å². The van der Waals surface area contributed by atoms with Crippen LogP contribution in [-0.4, -0.2) is 24.3 Å². The van der Waals surface area contributed by atoms with E-state index in [0.717, 1.165) is 12.8 Å². The summed E-state index contributed by atoms with van der Waals surface area (Å²) in [6.45, 7) is 8.81. The molecule has 0 aromatic carbocycles. The summed E-state index contributed by atoms with van der Waals surface area (Å²) in [5.74, 6) is 0. The maximum Gasteiger partial charge on any atom is 0.0482 e. The molecule has 0 aliphatic heterocycles. The molecule has 0 fully saturated rings. The van der Waals surface area contributed by atoms with Gasteiger partial charge in [-0.15, -0.1) is 0 Å². The molecule has 0 rings (SSSR count). The van der Waals surface area contributed by atoms with Crippen LogP contribution in [0.4, 0.5) is 0 Å². The molecule has 74 valence electrons. The van der Waals surface area contributed by atoms with Crippen molar-refractivity contribution < 1.29 is 5.11 Å². The highest BCUT2D eigenvalue weighted by atomic mass is 16.3. The summed E-state index contributed by atoms with van der Waals surface area (Å²) in [6, 6.07) is 0. The summed E-state index contributed by atoms with van der Waals surface area (Å²) in [4.78, 5) is 0. The standard InChI is InChI=1S/C10H23NO/c1-6-10(4,11-5)7-9(2,3)8-12/h11-12H,6-8H2,1-5H3. The molecular weight excluding hydrogens is 150 g/mol. The lowest BCUT2D eigenvalue weighted by molar-refractivity contribution is 0.113. The second kappa shape index (κ2) is 4.24. The number of rotatable bonds is 5. The van der Waals surface area contributed by atoms with Gasteiger partial charge in [0.05, 0.1) is 0 Å². The Morgan fingerprint density at radius 3 is 2.00 bits per heavy atom. The highest BCUT2D eigenvalue weighted by Gasteiger charge is 2.29. The average Bonchev–Trinajstić information content (AvgIpc) is 2.04. The van der Waals surface area contributed by atoms with Crippen LogP contribution in [0.1, 0.15) is 40.5 Å². The first kappa shape index (κ1) is 11.9. The second-order valence-corrected chi connectivity index (χ2v) is 4.66. The Hall–Kier alpha value is -0.0800. The van der Waals surface area contributed by atoms with Gasteiger partial charge in [-0.25, -0.2) is 0 Å². The molecule has 0 saturated heterocycles. The van der Waals surface area contributed by atoms with Gasteiger partial charge in [-0.05, 0) is 32.2 Å². The van der Waals surface area contributed by atoms with Crippen molar-refractivity contribution >= 4 is 0 Å². The largest absolute Gasteiger partial charge is 0.396 e. The molecule has 0 aliphatic rings. The molecule has 1 atom stereocenters. The lowest BCUT2D eigenvalue weighted by Gasteiger charge is -2.35. The van der Waals surface area contributed by atoms with Gasteiger partial charge in [0.2, 0.25) is 0 Å². The number of aliphatic hydroxyl groups is 1. The number of aliphatic hydroxyl groups excluding tert-OH is 1. The van der Waals surface area contributed by atoms with Crippen LogP contribution in [0, 0.1) is 5.41 Å². The lowest BCUT2D eigenvalue weighted by Crippen LogP contribution is -2.43. The fourth-order valence-corrected chi connectivity index (χ4v) is 1.50. The molecule has 2 N–H and O–H groups in total. The van der Waals surface area contributed by atoms with E-state index >= 15 is 0 Å². The minimum Gasteiger partial charge on any atom is -0.396 e. The fraction of sp³-hybridized carbons (Fsp3) is 1.00. The van der Waals surface area contributed by atoms with Crippen LogP contribution < -0.4 is 5.32 Å². The van der Waals surface area contributed by atoms with Gasteiger partial charge in [0.25, 0.3) is 0 Å². The van der Waals surface area contributed by atoms with Gasteiger partial charge in [-0.1, -0.05) is 20.8 Å². The number of hydrogen-bond acceptors (Lipinski definition) is 2. The summed E-state index contributed by atoms with van der Waals surface area (Å²) in [7, 11) is 1.98. The minimum absolute atomic E-state index is 0.0216. The average molecular weight is 173 g/mol. The van der Waals surface area contributed by atoms with E-state index < -0.39 is 0 Å². The van der Waals surface area contributed by atoms with Crippen LogP contribution in [0.25, 0.3) is 0 Å². The van der Waals surface area contributed by atoms with E-state index in [9.17, 15) is 0 Å². The third kappa shape index (κ3) is 3.55. The van der Waals surface area contributed by atoms with Crippen LogP contribution >= 0.6 is 0 Å². The van der Waals surface area contributed by atoms with E-state index in [-0.39, 0.29) is 17.6 Å². The highest BCUT2D eigenvalue weighted by Crippen LogP contribution is 2.28. The molecule has 0 aliphatic carbocycles. The molecule has 0 radical (unpaired) electrons. The number of nitrogens with one attached hydrogen (secondary N) is 1. The van der Waals surface area contributed by atoms with E-state index in [1.54, 1.807) is 0 Å². The zero-order valence-electron chi connectivity index (χ0n) is 9.07. The van der Waals surface area contributed by atoms with E-state index in [4.69, 9.17) is 5.11 Å². The Bertz CT molecular complexity index is 128. The van der Waals surface area contributed by atoms with Gasteiger partial charge < -0.3 is 10.4 Å². The predicted octanol–water partition coefficient (Wildman–Crippen LogP) is 1.78. The number of hydrogen-bond donors (Lipinski definition) is 2. The lowest BCUT2D eigenvalue weighted by atomic mass is 9.78. The quantitative estimate of drug-likeness (QED) is 0.664. The van der Waals surface area contributed by atoms with Gasteiger partial charge in [0, 0.05) is 12.1 Å². The van der Waals surface area contributed by atoms with Crippen LogP contribution in [0.15, 0.2) is 0 Å².